The van der Waals surface area contributed by atoms with Crippen molar-refractivity contribution >= 4 is 0 Å². The topological polar surface area (TPSA) is 20.2 Å². The highest BCUT2D eigenvalue weighted by Gasteiger charge is 2.28. The quantitative estimate of drug-likeness (QED) is 0.693. The molecule has 0 saturated heterocycles. The molecule has 0 fully saturated rings. The smallest absolute Gasteiger partial charge is 0.131 e. The molecule has 2 heteroatoms. The molecule has 2 aromatic rings. The summed E-state index contributed by atoms with van der Waals surface area (Å²) in [6.07, 6.45) is -0.688. The fraction of sp³-hybridized carbons (Fsp3) is 0.0769. The van der Waals surface area contributed by atoms with E-state index in [-0.39, 0.29) is 5.82 Å². The summed E-state index contributed by atoms with van der Waals surface area (Å²) >= 11 is 0. The minimum Gasteiger partial charge on any atom is -0.384 e. The molecule has 0 bridgehead atoms. The maximum atomic E-state index is 13.6. The van der Waals surface area contributed by atoms with Crippen LogP contribution in [-0.2, 0) is 0 Å². The Morgan fingerprint density at radius 1 is 0.933 bits per heavy atom. The molecule has 0 saturated carbocycles. The molecule has 3 rings (SSSR count). The van der Waals surface area contributed by atoms with Crippen LogP contribution in [0.5, 0.6) is 0 Å². The van der Waals surface area contributed by atoms with Gasteiger partial charge in [-0.2, -0.15) is 0 Å². The normalized spacial score (nSPS) is 17.3. The van der Waals surface area contributed by atoms with E-state index in [4.69, 9.17) is 0 Å². The van der Waals surface area contributed by atoms with Gasteiger partial charge in [0.1, 0.15) is 11.9 Å². The number of aliphatic hydroxyl groups is 1. The highest BCUT2D eigenvalue weighted by atomic mass is 19.1. The number of aliphatic hydroxyl groups excluding tert-OH is 1. The second-order valence-corrected chi connectivity index (χ2v) is 3.69. The number of benzene rings is 2. The van der Waals surface area contributed by atoms with Crippen molar-refractivity contribution in [3.8, 4) is 11.1 Å². The Morgan fingerprint density at radius 3 is 2.53 bits per heavy atom. The molecule has 1 aliphatic carbocycles. The minimum absolute atomic E-state index is 0.267. The largest absolute Gasteiger partial charge is 0.384 e. The monoisotopic (exact) mass is 200 g/mol. The highest BCUT2D eigenvalue weighted by Crippen LogP contribution is 2.44. The van der Waals surface area contributed by atoms with Crippen molar-refractivity contribution in [1.29, 1.82) is 0 Å². The van der Waals surface area contributed by atoms with Crippen molar-refractivity contribution in [3.63, 3.8) is 0 Å². The summed E-state index contributed by atoms with van der Waals surface area (Å²) in [5.74, 6) is -0.267. The van der Waals surface area contributed by atoms with E-state index in [1.807, 2.05) is 24.3 Å². The number of fused-ring (bicyclic) bond motifs is 3. The number of rotatable bonds is 0. The lowest BCUT2D eigenvalue weighted by Gasteiger charge is -2.04. The zero-order valence-corrected chi connectivity index (χ0v) is 7.94. The lowest BCUT2D eigenvalue weighted by Crippen LogP contribution is -1.93. The molecule has 74 valence electrons. The van der Waals surface area contributed by atoms with Crippen LogP contribution < -0.4 is 0 Å². The molecule has 0 aliphatic heterocycles. The van der Waals surface area contributed by atoms with E-state index in [1.165, 1.54) is 6.07 Å². The van der Waals surface area contributed by atoms with E-state index >= 15 is 0 Å². The fourth-order valence-electron chi connectivity index (χ4n) is 2.18. The van der Waals surface area contributed by atoms with Gasteiger partial charge in [-0.15, -0.1) is 0 Å². The summed E-state index contributed by atoms with van der Waals surface area (Å²) in [5.41, 5.74) is 2.80. The molecule has 0 unspecified atom stereocenters. The first-order chi connectivity index (χ1) is 7.29. The second-order valence-electron chi connectivity index (χ2n) is 3.69. The Morgan fingerprint density at radius 2 is 1.67 bits per heavy atom. The first-order valence-corrected chi connectivity index (χ1v) is 4.85. The van der Waals surface area contributed by atoms with E-state index < -0.39 is 6.10 Å². The third kappa shape index (κ3) is 1.05. The van der Waals surface area contributed by atoms with E-state index in [0.29, 0.717) is 11.1 Å². The van der Waals surface area contributed by atoms with Crippen LogP contribution in [0.15, 0.2) is 42.5 Å². The molecule has 1 N–H and O–H groups in total. The lowest BCUT2D eigenvalue weighted by atomic mass is 10.1. The number of hydrogen-bond acceptors (Lipinski definition) is 1. The van der Waals surface area contributed by atoms with Gasteiger partial charge >= 0.3 is 0 Å². The van der Waals surface area contributed by atoms with Gasteiger partial charge < -0.3 is 5.11 Å². The Balaban J connectivity index is 2.39. The predicted molar refractivity (Wildman–Crippen MR) is 55.9 cm³/mol. The first kappa shape index (κ1) is 8.62. The molecule has 1 atom stereocenters. The van der Waals surface area contributed by atoms with Crippen LogP contribution in [0, 0.1) is 5.82 Å². The standard InChI is InChI=1S/C13H9FO/c14-11-7-3-6-10-12(11)8-4-1-2-5-9(8)13(10)15/h1-7,13,15H/t13-/m0/s1. The van der Waals surface area contributed by atoms with Crippen LogP contribution in [0.4, 0.5) is 4.39 Å². The Labute approximate surface area is 86.8 Å². The fourth-order valence-corrected chi connectivity index (χ4v) is 2.18. The zero-order valence-electron chi connectivity index (χ0n) is 7.94. The molecule has 0 spiro atoms. The molecular weight excluding hydrogens is 191 g/mol. The van der Waals surface area contributed by atoms with Gasteiger partial charge in [0.15, 0.2) is 0 Å². The van der Waals surface area contributed by atoms with Crippen molar-refractivity contribution in [1.82, 2.24) is 0 Å². The van der Waals surface area contributed by atoms with Gasteiger partial charge in [-0.05, 0) is 22.8 Å². The average Bonchev–Trinajstić information content (AvgIpc) is 2.55. The van der Waals surface area contributed by atoms with Crippen molar-refractivity contribution in [2.75, 3.05) is 0 Å². The third-order valence-electron chi connectivity index (χ3n) is 2.87. The summed E-state index contributed by atoms with van der Waals surface area (Å²) < 4.78 is 13.6. The summed E-state index contributed by atoms with van der Waals surface area (Å²) in [5, 5.41) is 9.99. The van der Waals surface area contributed by atoms with Gasteiger partial charge in [-0.3, -0.25) is 0 Å². The van der Waals surface area contributed by atoms with Crippen molar-refractivity contribution in [2.24, 2.45) is 0 Å². The summed E-state index contributed by atoms with van der Waals surface area (Å²) in [6, 6.07) is 12.2. The SMILES string of the molecule is O[C@H]1c2ccccc2-c2c(F)cccc21. The molecule has 2 aromatic carbocycles. The molecule has 1 aliphatic rings. The summed E-state index contributed by atoms with van der Waals surface area (Å²) in [6.45, 7) is 0. The van der Waals surface area contributed by atoms with Gasteiger partial charge in [0.25, 0.3) is 0 Å². The van der Waals surface area contributed by atoms with Crippen LogP contribution in [0.1, 0.15) is 17.2 Å². The maximum absolute atomic E-state index is 13.6. The van der Waals surface area contributed by atoms with E-state index in [2.05, 4.69) is 0 Å². The van der Waals surface area contributed by atoms with E-state index in [1.54, 1.807) is 12.1 Å². The summed E-state index contributed by atoms with van der Waals surface area (Å²) in [4.78, 5) is 0. The Hall–Kier alpha value is -1.67. The predicted octanol–water partition coefficient (Wildman–Crippen LogP) is 2.89. The number of hydrogen-bond donors (Lipinski definition) is 1. The van der Waals surface area contributed by atoms with Gasteiger partial charge in [0, 0.05) is 5.56 Å². The van der Waals surface area contributed by atoms with Gasteiger partial charge in [-0.25, -0.2) is 4.39 Å². The van der Waals surface area contributed by atoms with Crippen LogP contribution in [0.3, 0.4) is 0 Å². The van der Waals surface area contributed by atoms with Crippen molar-refractivity contribution < 1.29 is 9.50 Å². The molecule has 0 amide bonds. The van der Waals surface area contributed by atoms with E-state index in [0.717, 1.165) is 11.1 Å². The highest BCUT2D eigenvalue weighted by molar-refractivity contribution is 5.78. The third-order valence-corrected chi connectivity index (χ3v) is 2.87. The van der Waals surface area contributed by atoms with Gasteiger partial charge in [0.2, 0.25) is 0 Å². The molecule has 0 aromatic heterocycles. The van der Waals surface area contributed by atoms with Gasteiger partial charge in [-0.1, -0.05) is 36.4 Å². The maximum Gasteiger partial charge on any atom is 0.131 e. The minimum atomic E-state index is -0.688. The van der Waals surface area contributed by atoms with Crippen molar-refractivity contribution in [2.45, 2.75) is 6.10 Å². The molecular formula is C13H9FO. The lowest BCUT2D eigenvalue weighted by molar-refractivity contribution is 0.225. The molecule has 0 heterocycles. The molecule has 15 heavy (non-hydrogen) atoms. The number of halogens is 1. The van der Waals surface area contributed by atoms with Gasteiger partial charge in [0.05, 0.1) is 0 Å². The van der Waals surface area contributed by atoms with Crippen molar-refractivity contribution in [3.05, 3.63) is 59.4 Å². The van der Waals surface area contributed by atoms with Crippen LogP contribution in [-0.4, -0.2) is 5.11 Å². The average molecular weight is 200 g/mol. The Bertz CT molecular complexity index is 534. The summed E-state index contributed by atoms with van der Waals surface area (Å²) in [7, 11) is 0. The molecule has 0 radical (unpaired) electrons. The second kappa shape index (κ2) is 2.91. The van der Waals surface area contributed by atoms with Crippen LogP contribution in [0.2, 0.25) is 0 Å². The van der Waals surface area contributed by atoms with Crippen LogP contribution in [0.25, 0.3) is 11.1 Å². The first-order valence-electron chi connectivity index (χ1n) is 4.85. The Kier molecular flexibility index (Phi) is 1.67. The van der Waals surface area contributed by atoms with E-state index in [9.17, 15) is 9.50 Å². The molecule has 1 nitrogen and oxygen atoms in total. The van der Waals surface area contributed by atoms with Crippen LogP contribution >= 0.6 is 0 Å². The zero-order chi connectivity index (χ0) is 10.4.